The lowest BCUT2D eigenvalue weighted by Crippen LogP contribution is -2.23. The molecule has 0 spiro atoms. The highest BCUT2D eigenvalue weighted by molar-refractivity contribution is 5.40. The van der Waals surface area contributed by atoms with Gasteiger partial charge in [-0.2, -0.15) is 0 Å². The Labute approximate surface area is 129 Å². The molecule has 3 aromatic heterocycles. The summed E-state index contributed by atoms with van der Waals surface area (Å²) < 4.78 is 2.62. The van der Waals surface area contributed by atoms with Crippen LogP contribution in [0.3, 0.4) is 0 Å². The average molecular weight is 312 g/mol. The van der Waals surface area contributed by atoms with E-state index in [4.69, 9.17) is 0 Å². The zero-order valence-corrected chi connectivity index (χ0v) is 12.2. The second kappa shape index (κ2) is 5.48. The number of fused-ring (bicyclic) bond motifs is 1. The van der Waals surface area contributed by atoms with Crippen LogP contribution in [0.4, 0.5) is 5.69 Å². The van der Waals surface area contributed by atoms with Crippen LogP contribution >= 0.6 is 0 Å². The van der Waals surface area contributed by atoms with Gasteiger partial charge in [-0.1, -0.05) is 6.07 Å². The Bertz CT molecular complexity index is 1040. The first kappa shape index (κ1) is 14.6. The number of nitro groups is 1. The summed E-state index contributed by atoms with van der Waals surface area (Å²) in [6.07, 6.45) is 1.14. The van der Waals surface area contributed by atoms with Crippen LogP contribution < -0.4 is 11.1 Å². The summed E-state index contributed by atoms with van der Waals surface area (Å²) in [6.45, 7) is 1.78. The molecule has 0 aliphatic rings. The van der Waals surface area contributed by atoms with Gasteiger partial charge in [-0.25, -0.2) is 4.98 Å². The molecule has 116 valence electrons. The summed E-state index contributed by atoms with van der Waals surface area (Å²) >= 11 is 0. The number of aryl methyl sites for hydroxylation is 1. The highest BCUT2D eigenvalue weighted by Crippen LogP contribution is 2.08. The first-order valence-electron chi connectivity index (χ1n) is 6.79. The van der Waals surface area contributed by atoms with Crippen molar-refractivity contribution in [2.45, 2.75) is 13.5 Å². The molecular weight excluding hydrogens is 300 g/mol. The van der Waals surface area contributed by atoms with E-state index >= 15 is 0 Å². The largest absolute Gasteiger partial charge is 0.303 e. The van der Waals surface area contributed by atoms with Crippen LogP contribution in [-0.2, 0) is 6.54 Å². The average Bonchev–Trinajstić information content (AvgIpc) is 2.49. The fourth-order valence-corrected chi connectivity index (χ4v) is 2.37. The van der Waals surface area contributed by atoms with Gasteiger partial charge in [-0.15, -0.1) is 0 Å². The van der Waals surface area contributed by atoms with E-state index in [-0.39, 0.29) is 17.8 Å². The lowest BCUT2D eigenvalue weighted by Gasteiger charge is -2.08. The minimum atomic E-state index is -0.581. The molecule has 0 radical (unpaired) electrons. The van der Waals surface area contributed by atoms with Crippen molar-refractivity contribution in [1.29, 1.82) is 0 Å². The number of rotatable bonds is 3. The monoisotopic (exact) mass is 312 g/mol. The van der Waals surface area contributed by atoms with Crippen molar-refractivity contribution >= 4 is 11.3 Å². The van der Waals surface area contributed by atoms with E-state index in [1.54, 1.807) is 25.1 Å². The first-order valence-corrected chi connectivity index (χ1v) is 6.79. The normalized spacial score (nSPS) is 10.8. The predicted molar refractivity (Wildman–Crippen MR) is 82.7 cm³/mol. The Kier molecular flexibility index (Phi) is 3.49. The van der Waals surface area contributed by atoms with Crippen molar-refractivity contribution in [2.75, 3.05) is 0 Å². The van der Waals surface area contributed by atoms with Gasteiger partial charge in [-0.3, -0.25) is 24.1 Å². The summed E-state index contributed by atoms with van der Waals surface area (Å²) in [4.78, 5) is 38.6. The summed E-state index contributed by atoms with van der Waals surface area (Å²) in [5, 5.41) is 10.8. The van der Waals surface area contributed by atoms with Crippen LogP contribution in [0.15, 0.2) is 52.2 Å². The molecule has 0 fully saturated rings. The van der Waals surface area contributed by atoms with E-state index in [2.05, 4.69) is 4.98 Å². The Morgan fingerprint density at radius 2 is 1.96 bits per heavy atom. The Hall–Kier alpha value is -3.29. The SMILES string of the molecule is Cc1cccc2nc(Cn3cc([N+](=O)[O-])ccc3=O)cc(=O)n12. The van der Waals surface area contributed by atoms with Crippen LogP contribution in [0, 0.1) is 17.0 Å². The standard InChI is InChI=1S/C15H12N4O4/c1-10-3-2-4-13-16-11(7-15(21)18(10)13)8-17-9-12(19(22)23)5-6-14(17)20/h2-7,9H,8H2,1H3. The maximum atomic E-state index is 12.2. The van der Waals surface area contributed by atoms with Crippen molar-refractivity contribution in [3.63, 3.8) is 0 Å². The summed E-state index contributed by atoms with van der Waals surface area (Å²) in [7, 11) is 0. The molecule has 8 nitrogen and oxygen atoms in total. The van der Waals surface area contributed by atoms with Gasteiger partial charge in [0.25, 0.3) is 16.8 Å². The van der Waals surface area contributed by atoms with Crippen molar-refractivity contribution < 1.29 is 4.92 Å². The highest BCUT2D eigenvalue weighted by Gasteiger charge is 2.10. The molecule has 23 heavy (non-hydrogen) atoms. The lowest BCUT2D eigenvalue weighted by molar-refractivity contribution is -0.385. The van der Waals surface area contributed by atoms with E-state index in [1.807, 2.05) is 0 Å². The molecule has 0 N–H and O–H groups in total. The van der Waals surface area contributed by atoms with Crippen molar-refractivity contribution in [1.82, 2.24) is 14.0 Å². The van der Waals surface area contributed by atoms with Gasteiger partial charge in [0.15, 0.2) is 0 Å². The first-order chi connectivity index (χ1) is 11.0. The molecule has 0 unspecified atom stereocenters. The fraction of sp³-hybridized carbons (Fsp3) is 0.133. The van der Waals surface area contributed by atoms with E-state index in [1.165, 1.54) is 10.5 Å². The summed E-state index contributed by atoms with van der Waals surface area (Å²) in [6, 6.07) is 8.85. The third kappa shape index (κ3) is 2.73. The molecule has 0 aromatic carbocycles. The number of pyridine rings is 2. The number of hydrogen-bond acceptors (Lipinski definition) is 5. The molecule has 8 heteroatoms. The molecular formula is C15H12N4O4. The van der Waals surface area contributed by atoms with Crippen LogP contribution in [0.1, 0.15) is 11.4 Å². The van der Waals surface area contributed by atoms with Crippen LogP contribution in [0.25, 0.3) is 5.65 Å². The van der Waals surface area contributed by atoms with E-state index in [0.717, 1.165) is 28.6 Å². The summed E-state index contributed by atoms with van der Waals surface area (Å²) in [5.41, 5.74) is 0.717. The van der Waals surface area contributed by atoms with Crippen molar-refractivity contribution in [3.8, 4) is 0 Å². The maximum Gasteiger partial charge on any atom is 0.285 e. The van der Waals surface area contributed by atoms with Crippen molar-refractivity contribution in [3.05, 3.63) is 84.8 Å². The Morgan fingerprint density at radius 3 is 2.70 bits per heavy atom. The number of nitrogens with zero attached hydrogens (tertiary/aromatic N) is 4. The highest BCUT2D eigenvalue weighted by atomic mass is 16.6. The second-order valence-electron chi connectivity index (χ2n) is 5.06. The van der Waals surface area contributed by atoms with Crippen LogP contribution in [-0.4, -0.2) is 18.9 Å². The predicted octanol–water partition coefficient (Wildman–Crippen LogP) is 1.12. The van der Waals surface area contributed by atoms with Gasteiger partial charge < -0.3 is 4.57 Å². The lowest BCUT2D eigenvalue weighted by atomic mass is 10.3. The fourth-order valence-electron chi connectivity index (χ4n) is 2.37. The van der Waals surface area contributed by atoms with Crippen LogP contribution in [0.2, 0.25) is 0 Å². The second-order valence-corrected chi connectivity index (χ2v) is 5.06. The third-order valence-corrected chi connectivity index (χ3v) is 3.44. The molecule has 0 atom stereocenters. The quantitative estimate of drug-likeness (QED) is 0.533. The molecule has 0 saturated carbocycles. The van der Waals surface area contributed by atoms with E-state index in [0.29, 0.717) is 11.3 Å². The maximum absolute atomic E-state index is 12.2. The number of aromatic nitrogens is 3. The van der Waals surface area contributed by atoms with Crippen LogP contribution in [0.5, 0.6) is 0 Å². The Balaban J connectivity index is 2.09. The zero-order valence-electron chi connectivity index (χ0n) is 12.2. The van der Waals surface area contributed by atoms with E-state index < -0.39 is 10.5 Å². The zero-order chi connectivity index (χ0) is 16.6. The summed E-state index contributed by atoms with van der Waals surface area (Å²) in [5.74, 6) is 0. The molecule has 0 saturated heterocycles. The molecule has 3 heterocycles. The molecule has 0 amide bonds. The number of hydrogen-bond donors (Lipinski definition) is 0. The topological polar surface area (TPSA) is 99.5 Å². The minimum absolute atomic E-state index is 0.0137. The van der Waals surface area contributed by atoms with Crippen molar-refractivity contribution in [2.24, 2.45) is 0 Å². The molecule has 0 aliphatic carbocycles. The molecule has 3 rings (SSSR count). The third-order valence-electron chi connectivity index (χ3n) is 3.44. The molecule has 0 bridgehead atoms. The van der Waals surface area contributed by atoms with Gasteiger partial charge in [0.2, 0.25) is 0 Å². The minimum Gasteiger partial charge on any atom is -0.303 e. The smallest absolute Gasteiger partial charge is 0.285 e. The molecule has 3 aromatic rings. The van der Waals surface area contributed by atoms with Gasteiger partial charge in [0.1, 0.15) is 5.65 Å². The molecule has 0 aliphatic heterocycles. The van der Waals surface area contributed by atoms with E-state index in [9.17, 15) is 19.7 Å². The van der Waals surface area contributed by atoms with Gasteiger partial charge in [0.05, 0.1) is 23.4 Å². The van der Waals surface area contributed by atoms with Gasteiger partial charge in [-0.05, 0) is 19.1 Å². The van der Waals surface area contributed by atoms with Gasteiger partial charge in [0, 0.05) is 23.9 Å². The van der Waals surface area contributed by atoms with Gasteiger partial charge >= 0.3 is 0 Å². The Morgan fingerprint density at radius 1 is 1.17 bits per heavy atom.